The molecule has 3 N–H and O–H groups in total. The molecular formula is C10H15N5. The molecule has 0 aliphatic carbocycles. The number of aromatic amines is 1. The molecule has 5 heteroatoms. The van der Waals surface area contributed by atoms with E-state index in [-0.39, 0.29) is 0 Å². The van der Waals surface area contributed by atoms with E-state index in [0.717, 1.165) is 11.8 Å². The van der Waals surface area contributed by atoms with Crippen molar-refractivity contribution >= 4 is 11.8 Å². The number of pyridine rings is 1. The van der Waals surface area contributed by atoms with Gasteiger partial charge in [-0.05, 0) is 12.1 Å². The van der Waals surface area contributed by atoms with Crippen molar-refractivity contribution in [2.45, 2.75) is 0 Å². The maximum absolute atomic E-state index is 3.99. The maximum Gasteiger partial charge on any atom is 0.199 e. The van der Waals surface area contributed by atoms with Gasteiger partial charge in [-0.15, -0.1) is 0 Å². The monoisotopic (exact) mass is 205 g/mol. The molecule has 0 spiro atoms. The first kappa shape index (κ1) is 11.0. The van der Waals surface area contributed by atoms with Crippen LogP contribution in [0.25, 0.3) is 0 Å². The first-order valence-corrected chi connectivity index (χ1v) is 4.62. The normalized spacial score (nSPS) is 8.67. The van der Waals surface area contributed by atoms with Crippen LogP contribution in [0.2, 0.25) is 0 Å². The van der Waals surface area contributed by atoms with E-state index in [1.807, 2.05) is 32.3 Å². The van der Waals surface area contributed by atoms with Gasteiger partial charge in [0.15, 0.2) is 5.95 Å². The van der Waals surface area contributed by atoms with Gasteiger partial charge in [-0.2, -0.15) is 0 Å². The molecule has 2 heterocycles. The summed E-state index contributed by atoms with van der Waals surface area (Å²) < 4.78 is 0. The van der Waals surface area contributed by atoms with E-state index in [1.165, 1.54) is 0 Å². The Morgan fingerprint density at radius 2 is 1.93 bits per heavy atom. The Morgan fingerprint density at radius 1 is 1.07 bits per heavy atom. The quantitative estimate of drug-likeness (QED) is 0.696. The third kappa shape index (κ3) is 4.12. The molecule has 0 fully saturated rings. The molecular weight excluding hydrogens is 190 g/mol. The number of hydrogen-bond donors (Lipinski definition) is 3. The zero-order chi connectivity index (χ0) is 10.9. The van der Waals surface area contributed by atoms with Crippen LogP contribution in [0.15, 0.2) is 36.8 Å². The fourth-order valence-corrected chi connectivity index (χ4v) is 0.913. The highest BCUT2D eigenvalue weighted by Gasteiger charge is 1.80. The van der Waals surface area contributed by atoms with Crippen molar-refractivity contribution in [1.29, 1.82) is 0 Å². The molecule has 80 valence electrons. The molecule has 0 atom stereocenters. The molecule has 0 aliphatic rings. The highest BCUT2D eigenvalue weighted by atomic mass is 15.1. The molecule has 0 aliphatic heterocycles. The summed E-state index contributed by atoms with van der Waals surface area (Å²) in [6, 6.07) is 5.75. The van der Waals surface area contributed by atoms with Crippen LogP contribution in [0.3, 0.4) is 0 Å². The minimum absolute atomic E-state index is 0.806. The second-order valence-electron chi connectivity index (χ2n) is 2.65. The minimum atomic E-state index is 0.806. The topological polar surface area (TPSA) is 65.6 Å². The van der Waals surface area contributed by atoms with Gasteiger partial charge in [0.25, 0.3) is 0 Å². The average Bonchev–Trinajstić information content (AvgIpc) is 2.84. The lowest BCUT2D eigenvalue weighted by atomic mass is 10.5. The van der Waals surface area contributed by atoms with Crippen molar-refractivity contribution in [1.82, 2.24) is 15.0 Å². The molecule has 0 saturated carbocycles. The summed E-state index contributed by atoms with van der Waals surface area (Å²) >= 11 is 0. The van der Waals surface area contributed by atoms with Crippen LogP contribution in [-0.2, 0) is 0 Å². The number of imidazole rings is 1. The Kier molecular flexibility index (Phi) is 4.72. The van der Waals surface area contributed by atoms with Gasteiger partial charge in [-0.3, -0.25) is 0 Å². The Bertz CT molecular complexity index is 343. The molecule has 0 saturated heterocycles. The van der Waals surface area contributed by atoms with Crippen molar-refractivity contribution in [2.75, 3.05) is 24.7 Å². The Labute approximate surface area is 89.0 Å². The summed E-state index contributed by atoms with van der Waals surface area (Å²) in [6.45, 7) is 0. The summed E-state index contributed by atoms with van der Waals surface area (Å²) in [5.74, 6) is 1.72. The fraction of sp³-hybridized carbons (Fsp3) is 0.200. The van der Waals surface area contributed by atoms with Crippen LogP contribution in [0.4, 0.5) is 11.8 Å². The largest absolute Gasteiger partial charge is 0.373 e. The molecule has 0 amide bonds. The maximum atomic E-state index is 3.99. The minimum Gasteiger partial charge on any atom is -0.373 e. The van der Waals surface area contributed by atoms with Crippen molar-refractivity contribution in [3.63, 3.8) is 0 Å². The number of H-pyrrole nitrogens is 1. The summed E-state index contributed by atoms with van der Waals surface area (Å²) in [4.78, 5) is 10.7. The van der Waals surface area contributed by atoms with Gasteiger partial charge in [0.05, 0.1) is 0 Å². The predicted octanol–water partition coefficient (Wildman–Crippen LogP) is 1.57. The zero-order valence-corrected chi connectivity index (χ0v) is 8.86. The van der Waals surface area contributed by atoms with Gasteiger partial charge in [0.2, 0.25) is 0 Å². The van der Waals surface area contributed by atoms with E-state index in [4.69, 9.17) is 0 Å². The molecule has 2 aromatic heterocycles. The van der Waals surface area contributed by atoms with Crippen LogP contribution < -0.4 is 10.6 Å². The molecule has 2 rings (SSSR count). The Morgan fingerprint density at radius 3 is 2.27 bits per heavy atom. The van der Waals surface area contributed by atoms with Crippen LogP contribution in [-0.4, -0.2) is 29.0 Å². The number of anilines is 2. The van der Waals surface area contributed by atoms with Crippen LogP contribution >= 0.6 is 0 Å². The lowest BCUT2D eigenvalue weighted by Gasteiger charge is -1.92. The van der Waals surface area contributed by atoms with Gasteiger partial charge >= 0.3 is 0 Å². The smallest absolute Gasteiger partial charge is 0.199 e. The fourth-order valence-electron chi connectivity index (χ4n) is 0.913. The Balaban J connectivity index is 0.000000151. The third-order valence-corrected chi connectivity index (χ3v) is 1.66. The van der Waals surface area contributed by atoms with E-state index in [9.17, 15) is 0 Å². The SMILES string of the molecule is CNc1ccccn1.CNc1ncc[nH]1. The van der Waals surface area contributed by atoms with E-state index in [0.29, 0.717) is 0 Å². The van der Waals surface area contributed by atoms with Crippen LogP contribution in [0.5, 0.6) is 0 Å². The van der Waals surface area contributed by atoms with Gasteiger partial charge in [-0.1, -0.05) is 6.07 Å². The lowest BCUT2D eigenvalue weighted by molar-refractivity contribution is 1.26. The molecule has 15 heavy (non-hydrogen) atoms. The summed E-state index contributed by atoms with van der Waals surface area (Å²) in [5.41, 5.74) is 0. The summed E-state index contributed by atoms with van der Waals surface area (Å²) in [5, 5.41) is 5.76. The standard InChI is InChI=1S/C6H8N2.C4H7N3/c1-7-6-4-2-3-5-8-6;1-5-4-6-2-3-7-4/h2-5H,1H3,(H,7,8);2-3H,1H3,(H2,5,6,7). The van der Waals surface area contributed by atoms with E-state index >= 15 is 0 Å². The zero-order valence-electron chi connectivity index (χ0n) is 8.86. The molecule has 0 radical (unpaired) electrons. The van der Waals surface area contributed by atoms with Crippen molar-refractivity contribution in [2.24, 2.45) is 0 Å². The van der Waals surface area contributed by atoms with Crippen molar-refractivity contribution < 1.29 is 0 Å². The van der Waals surface area contributed by atoms with E-state index < -0.39 is 0 Å². The number of nitrogens with zero attached hydrogens (tertiary/aromatic N) is 2. The first-order chi connectivity index (χ1) is 7.36. The molecule has 5 nitrogen and oxygen atoms in total. The highest BCUT2D eigenvalue weighted by molar-refractivity contribution is 5.31. The van der Waals surface area contributed by atoms with E-state index in [1.54, 1.807) is 18.6 Å². The van der Waals surface area contributed by atoms with Crippen molar-refractivity contribution in [3.8, 4) is 0 Å². The lowest BCUT2D eigenvalue weighted by Crippen LogP contribution is -1.88. The predicted molar refractivity (Wildman–Crippen MR) is 61.9 cm³/mol. The van der Waals surface area contributed by atoms with Gasteiger partial charge < -0.3 is 15.6 Å². The first-order valence-electron chi connectivity index (χ1n) is 4.62. The average molecular weight is 205 g/mol. The summed E-state index contributed by atoms with van der Waals surface area (Å²) in [7, 11) is 3.67. The van der Waals surface area contributed by atoms with Gasteiger partial charge in [-0.25, -0.2) is 9.97 Å². The van der Waals surface area contributed by atoms with E-state index in [2.05, 4.69) is 25.6 Å². The number of hydrogen-bond acceptors (Lipinski definition) is 4. The number of aromatic nitrogens is 3. The number of nitrogens with one attached hydrogen (secondary N) is 3. The van der Waals surface area contributed by atoms with Crippen LogP contribution in [0.1, 0.15) is 0 Å². The molecule has 0 aromatic carbocycles. The third-order valence-electron chi connectivity index (χ3n) is 1.66. The Hall–Kier alpha value is -2.04. The summed E-state index contributed by atoms with van der Waals surface area (Å²) in [6.07, 6.45) is 5.23. The molecule has 0 unspecified atom stereocenters. The number of rotatable bonds is 2. The second kappa shape index (κ2) is 6.42. The van der Waals surface area contributed by atoms with Gasteiger partial charge in [0, 0.05) is 32.7 Å². The van der Waals surface area contributed by atoms with Gasteiger partial charge in [0.1, 0.15) is 5.82 Å². The van der Waals surface area contributed by atoms with Crippen molar-refractivity contribution in [3.05, 3.63) is 36.8 Å². The second-order valence-corrected chi connectivity index (χ2v) is 2.65. The molecule has 0 bridgehead atoms. The van der Waals surface area contributed by atoms with Crippen LogP contribution in [0, 0.1) is 0 Å². The highest BCUT2D eigenvalue weighted by Crippen LogP contribution is 1.95. The molecule has 2 aromatic rings.